The van der Waals surface area contributed by atoms with E-state index in [1.54, 1.807) is 0 Å². The molecule has 0 radical (unpaired) electrons. The number of piperazine rings is 1. The highest BCUT2D eigenvalue weighted by molar-refractivity contribution is 5.97. The summed E-state index contributed by atoms with van der Waals surface area (Å²) in [5.74, 6) is 0.613. The topological polar surface area (TPSA) is 49.4 Å². The lowest BCUT2D eigenvalue weighted by molar-refractivity contribution is -0.153. The van der Waals surface area contributed by atoms with Gasteiger partial charge in [0.2, 0.25) is 11.8 Å². The summed E-state index contributed by atoms with van der Waals surface area (Å²) in [6, 6.07) is -0.307. The van der Waals surface area contributed by atoms with Crippen LogP contribution < -0.4 is 5.32 Å². The monoisotopic (exact) mass is 294 g/mol. The normalized spacial score (nSPS) is 28.7. The minimum atomic E-state index is -0.316. The average Bonchev–Trinajstić information content (AvgIpc) is 2.70. The molecule has 2 unspecified atom stereocenters. The summed E-state index contributed by atoms with van der Waals surface area (Å²) in [5, 5.41) is 2.95. The van der Waals surface area contributed by atoms with Crippen molar-refractivity contribution in [2.75, 3.05) is 0 Å². The number of hydrogen-bond acceptors (Lipinski definition) is 2. The fourth-order valence-corrected chi connectivity index (χ4v) is 3.77. The van der Waals surface area contributed by atoms with Crippen LogP contribution in [0.2, 0.25) is 0 Å². The van der Waals surface area contributed by atoms with E-state index in [1.165, 1.54) is 25.7 Å². The Bertz CT molecular complexity index is 373. The van der Waals surface area contributed by atoms with Crippen molar-refractivity contribution in [3.05, 3.63) is 0 Å². The van der Waals surface area contributed by atoms with Crippen LogP contribution in [0.5, 0.6) is 0 Å². The number of nitrogens with one attached hydrogen (secondary N) is 1. The molecule has 2 amide bonds. The van der Waals surface area contributed by atoms with E-state index in [2.05, 4.69) is 19.2 Å². The third-order valence-corrected chi connectivity index (χ3v) is 4.82. The number of hydrogen-bond donors (Lipinski definition) is 1. The number of rotatable bonds is 4. The lowest BCUT2D eigenvalue weighted by Crippen LogP contribution is -2.65. The molecule has 1 N–H and O–H groups in total. The Morgan fingerprint density at radius 3 is 2.29 bits per heavy atom. The van der Waals surface area contributed by atoms with Gasteiger partial charge in [0.1, 0.15) is 12.1 Å². The second kappa shape index (κ2) is 7.28. The van der Waals surface area contributed by atoms with Crippen LogP contribution in [0.1, 0.15) is 72.1 Å². The van der Waals surface area contributed by atoms with Gasteiger partial charge in [0, 0.05) is 6.04 Å². The van der Waals surface area contributed by atoms with Crippen molar-refractivity contribution < 1.29 is 9.59 Å². The molecule has 1 heterocycles. The molecule has 2 atom stereocenters. The highest BCUT2D eigenvalue weighted by Crippen LogP contribution is 2.28. The molecule has 1 aliphatic heterocycles. The quantitative estimate of drug-likeness (QED) is 0.811. The smallest absolute Gasteiger partial charge is 0.246 e. The standard InChI is InChI=1S/C17H30N2O2/c1-4-15-16(20)18-14(11-12(2)3)17(21)19(15)13-9-7-5-6-8-10-13/h12-15H,4-11H2,1-3H3,(H,18,20). The van der Waals surface area contributed by atoms with Crippen molar-refractivity contribution in [2.24, 2.45) is 5.92 Å². The van der Waals surface area contributed by atoms with E-state index in [1.807, 2.05) is 11.8 Å². The van der Waals surface area contributed by atoms with Gasteiger partial charge >= 0.3 is 0 Å². The Morgan fingerprint density at radius 2 is 1.76 bits per heavy atom. The first-order valence-corrected chi connectivity index (χ1v) is 8.67. The van der Waals surface area contributed by atoms with Gasteiger partial charge in [0.05, 0.1) is 0 Å². The largest absolute Gasteiger partial charge is 0.342 e. The maximum atomic E-state index is 12.9. The zero-order valence-electron chi connectivity index (χ0n) is 13.7. The van der Waals surface area contributed by atoms with Gasteiger partial charge in [-0.1, -0.05) is 46.5 Å². The molecule has 4 heteroatoms. The molecular weight excluding hydrogens is 264 g/mol. The van der Waals surface area contributed by atoms with Gasteiger partial charge in [-0.15, -0.1) is 0 Å². The molecule has 4 nitrogen and oxygen atoms in total. The molecule has 2 rings (SSSR count). The van der Waals surface area contributed by atoms with Crippen molar-refractivity contribution in [3.8, 4) is 0 Å². The third kappa shape index (κ3) is 3.78. The maximum absolute atomic E-state index is 12.9. The third-order valence-electron chi connectivity index (χ3n) is 4.82. The summed E-state index contributed by atoms with van der Waals surface area (Å²) in [7, 11) is 0. The van der Waals surface area contributed by atoms with E-state index in [0.717, 1.165) is 19.3 Å². The molecule has 1 saturated heterocycles. The number of amides is 2. The number of carbonyl (C=O) groups excluding carboxylic acids is 2. The Balaban J connectivity index is 2.19. The van der Waals surface area contributed by atoms with Gasteiger partial charge < -0.3 is 10.2 Å². The Kier molecular flexibility index (Phi) is 5.65. The van der Waals surface area contributed by atoms with Gasteiger partial charge in [-0.3, -0.25) is 9.59 Å². The van der Waals surface area contributed by atoms with E-state index in [0.29, 0.717) is 12.3 Å². The Hall–Kier alpha value is -1.06. The van der Waals surface area contributed by atoms with E-state index < -0.39 is 0 Å². The molecular formula is C17H30N2O2. The van der Waals surface area contributed by atoms with Crippen LogP contribution in [0.25, 0.3) is 0 Å². The molecule has 0 bridgehead atoms. The molecule has 0 aromatic carbocycles. The zero-order valence-corrected chi connectivity index (χ0v) is 13.7. The summed E-state index contributed by atoms with van der Waals surface area (Å²) in [4.78, 5) is 27.3. The fraction of sp³-hybridized carbons (Fsp3) is 0.882. The highest BCUT2D eigenvalue weighted by atomic mass is 16.2. The second-order valence-corrected chi connectivity index (χ2v) is 7.01. The summed E-state index contributed by atoms with van der Waals surface area (Å²) >= 11 is 0. The molecule has 0 spiro atoms. The van der Waals surface area contributed by atoms with Gasteiger partial charge in [0.25, 0.3) is 0 Å². The van der Waals surface area contributed by atoms with Crippen LogP contribution in [0.4, 0.5) is 0 Å². The summed E-state index contributed by atoms with van der Waals surface area (Å²) in [6.45, 7) is 6.20. The van der Waals surface area contributed by atoms with Crippen LogP contribution in [-0.2, 0) is 9.59 Å². The SMILES string of the molecule is CCC1C(=O)NC(CC(C)C)C(=O)N1C1CCCCCC1. The minimum Gasteiger partial charge on any atom is -0.342 e. The first-order chi connectivity index (χ1) is 10.0. The van der Waals surface area contributed by atoms with Gasteiger partial charge in [0.15, 0.2) is 0 Å². The molecule has 1 aliphatic carbocycles. The van der Waals surface area contributed by atoms with Crippen LogP contribution in [0.15, 0.2) is 0 Å². The maximum Gasteiger partial charge on any atom is 0.246 e. The molecule has 0 aromatic heterocycles. The van der Waals surface area contributed by atoms with Gasteiger partial charge in [-0.05, 0) is 31.6 Å². The van der Waals surface area contributed by atoms with Crippen LogP contribution in [0, 0.1) is 5.92 Å². The Morgan fingerprint density at radius 1 is 1.14 bits per heavy atom. The summed E-state index contributed by atoms with van der Waals surface area (Å²) < 4.78 is 0. The van der Waals surface area contributed by atoms with Crippen molar-refractivity contribution in [2.45, 2.75) is 90.3 Å². The fourth-order valence-electron chi connectivity index (χ4n) is 3.77. The second-order valence-electron chi connectivity index (χ2n) is 7.01. The molecule has 0 aromatic rings. The van der Waals surface area contributed by atoms with E-state index >= 15 is 0 Å². The average molecular weight is 294 g/mol. The predicted molar refractivity (Wildman–Crippen MR) is 83.8 cm³/mol. The van der Waals surface area contributed by atoms with Crippen molar-refractivity contribution >= 4 is 11.8 Å². The van der Waals surface area contributed by atoms with E-state index in [-0.39, 0.29) is 29.9 Å². The zero-order chi connectivity index (χ0) is 15.4. The van der Waals surface area contributed by atoms with Crippen LogP contribution in [0.3, 0.4) is 0 Å². The number of nitrogens with zero attached hydrogens (tertiary/aromatic N) is 1. The van der Waals surface area contributed by atoms with Crippen molar-refractivity contribution in [1.82, 2.24) is 10.2 Å². The van der Waals surface area contributed by atoms with Crippen LogP contribution in [-0.4, -0.2) is 34.8 Å². The van der Waals surface area contributed by atoms with E-state index in [9.17, 15) is 9.59 Å². The number of carbonyl (C=O) groups is 2. The molecule has 1 saturated carbocycles. The van der Waals surface area contributed by atoms with Gasteiger partial charge in [-0.25, -0.2) is 0 Å². The molecule has 2 aliphatic rings. The molecule has 2 fully saturated rings. The van der Waals surface area contributed by atoms with E-state index in [4.69, 9.17) is 0 Å². The molecule has 21 heavy (non-hydrogen) atoms. The first kappa shape index (κ1) is 16.3. The summed E-state index contributed by atoms with van der Waals surface area (Å²) in [6.07, 6.45) is 8.46. The summed E-state index contributed by atoms with van der Waals surface area (Å²) in [5.41, 5.74) is 0. The lowest BCUT2D eigenvalue weighted by atomic mass is 9.94. The van der Waals surface area contributed by atoms with Gasteiger partial charge in [-0.2, -0.15) is 0 Å². The van der Waals surface area contributed by atoms with Crippen LogP contribution >= 0.6 is 0 Å². The Labute approximate surface area is 128 Å². The van der Waals surface area contributed by atoms with Crippen molar-refractivity contribution in [3.63, 3.8) is 0 Å². The highest BCUT2D eigenvalue weighted by Gasteiger charge is 2.42. The predicted octanol–water partition coefficient (Wildman–Crippen LogP) is 2.86. The minimum absolute atomic E-state index is 0.0481. The first-order valence-electron chi connectivity index (χ1n) is 8.67. The lowest BCUT2D eigenvalue weighted by Gasteiger charge is -2.43. The van der Waals surface area contributed by atoms with Crippen molar-refractivity contribution in [1.29, 1.82) is 0 Å². The molecule has 120 valence electrons.